The third-order valence-corrected chi connectivity index (χ3v) is 2.07. The molecule has 0 spiro atoms. The Morgan fingerprint density at radius 1 is 1.46 bits per heavy atom. The molecular formula is C10H13NO2. The monoisotopic (exact) mass is 179 g/mol. The third-order valence-electron chi connectivity index (χ3n) is 2.07. The zero-order valence-electron chi connectivity index (χ0n) is 7.62. The SMILES string of the molecule is CCc1ccc([C@H]([NH3+])C(=O)[O-])cc1. The first-order valence-electron chi connectivity index (χ1n) is 4.28. The minimum absolute atomic E-state index is 0.692. The van der Waals surface area contributed by atoms with Gasteiger partial charge in [-0.25, -0.2) is 0 Å². The molecule has 0 fully saturated rings. The highest BCUT2D eigenvalue weighted by Gasteiger charge is 2.09. The van der Waals surface area contributed by atoms with Crippen molar-refractivity contribution in [3.8, 4) is 0 Å². The molecule has 3 heteroatoms. The highest BCUT2D eigenvalue weighted by molar-refractivity contribution is 5.71. The normalized spacial score (nSPS) is 12.5. The summed E-state index contributed by atoms with van der Waals surface area (Å²) >= 11 is 0. The van der Waals surface area contributed by atoms with Crippen molar-refractivity contribution < 1.29 is 15.6 Å². The predicted octanol–water partition coefficient (Wildman–Crippen LogP) is -0.718. The summed E-state index contributed by atoms with van der Waals surface area (Å²) in [6.07, 6.45) is 0.952. The molecule has 1 atom stereocenters. The number of carbonyl (C=O) groups is 1. The van der Waals surface area contributed by atoms with Crippen LogP contribution in [-0.4, -0.2) is 5.97 Å². The molecule has 0 aromatic heterocycles. The summed E-state index contributed by atoms with van der Waals surface area (Å²) in [6.45, 7) is 2.05. The molecule has 0 unspecified atom stereocenters. The van der Waals surface area contributed by atoms with Crippen molar-refractivity contribution in [3.63, 3.8) is 0 Å². The number of quaternary nitrogens is 1. The van der Waals surface area contributed by atoms with E-state index in [2.05, 4.69) is 12.7 Å². The number of carboxylic acids is 1. The van der Waals surface area contributed by atoms with Crippen LogP contribution in [0.3, 0.4) is 0 Å². The van der Waals surface area contributed by atoms with Gasteiger partial charge in [0.2, 0.25) is 0 Å². The molecule has 0 amide bonds. The average Bonchev–Trinajstić information content (AvgIpc) is 2.17. The second kappa shape index (κ2) is 4.05. The van der Waals surface area contributed by atoms with Crippen LogP contribution in [0.25, 0.3) is 0 Å². The van der Waals surface area contributed by atoms with E-state index in [9.17, 15) is 9.90 Å². The fraction of sp³-hybridized carbons (Fsp3) is 0.300. The summed E-state index contributed by atoms with van der Waals surface area (Å²) < 4.78 is 0. The second-order valence-electron chi connectivity index (χ2n) is 2.97. The number of aryl methyl sites for hydroxylation is 1. The molecule has 1 aromatic rings. The van der Waals surface area contributed by atoms with Crippen molar-refractivity contribution in [2.24, 2.45) is 0 Å². The van der Waals surface area contributed by atoms with Crippen LogP contribution < -0.4 is 10.8 Å². The number of carbonyl (C=O) groups excluding carboxylic acids is 1. The Labute approximate surface area is 77.2 Å². The first-order valence-corrected chi connectivity index (χ1v) is 4.28. The fourth-order valence-electron chi connectivity index (χ4n) is 1.12. The number of hydrogen-bond acceptors (Lipinski definition) is 2. The van der Waals surface area contributed by atoms with Gasteiger partial charge < -0.3 is 15.6 Å². The Hall–Kier alpha value is -1.35. The van der Waals surface area contributed by atoms with Gasteiger partial charge in [0.25, 0.3) is 0 Å². The van der Waals surface area contributed by atoms with Gasteiger partial charge >= 0.3 is 0 Å². The molecule has 0 aliphatic carbocycles. The van der Waals surface area contributed by atoms with Gasteiger partial charge in [-0.3, -0.25) is 0 Å². The van der Waals surface area contributed by atoms with E-state index in [1.807, 2.05) is 12.1 Å². The first-order chi connectivity index (χ1) is 6.15. The van der Waals surface area contributed by atoms with E-state index in [4.69, 9.17) is 0 Å². The fourth-order valence-corrected chi connectivity index (χ4v) is 1.12. The Morgan fingerprint density at radius 2 is 2.00 bits per heavy atom. The van der Waals surface area contributed by atoms with Crippen molar-refractivity contribution in [2.45, 2.75) is 19.4 Å². The lowest BCUT2D eigenvalue weighted by Gasteiger charge is -2.09. The van der Waals surface area contributed by atoms with Gasteiger partial charge in [0.05, 0.1) is 0 Å². The summed E-state index contributed by atoms with van der Waals surface area (Å²) in [4.78, 5) is 10.5. The predicted molar refractivity (Wildman–Crippen MR) is 46.5 cm³/mol. The molecule has 0 saturated carbocycles. The molecule has 1 rings (SSSR count). The molecule has 3 nitrogen and oxygen atoms in total. The Balaban J connectivity index is 2.85. The second-order valence-corrected chi connectivity index (χ2v) is 2.97. The van der Waals surface area contributed by atoms with Gasteiger partial charge in [0.1, 0.15) is 5.97 Å². The van der Waals surface area contributed by atoms with Gasteiger partial charge in [-0.15, -0.1) is 0 Å². The quantitative estimate of drug-likeness (QED) is 0.665. The van der Waals surface area contributed by atoms with E-state index in [1.165, 1.54) is 5.56 Å². The van der Waals surface area contributed by atoms with Crippen molar-refractivity contribution in [3.05, 3.63) is 35.4 Å². The zero-order valence-corrected chi connectivity index (χ0v) is 7.62. The lowest BCUT2D eigenvalue weighted by Crippen LogP contribution is -2.61. The molecule has 0 heterocycles. The van der Waals surface area contributed by atoms with Gasteiger partial charge in [-0.1, -0.05) is 31.2 Å². The topological polar surface area (TPSA) is 67.8 Å². The summed E-state index contributed by atoms with van der Waals surface area (Å²) in [5, 5.41) is 10.5. The number of benzene rings is 1. The van der Waals surface area contributed by atoms with E-state index in [-0.39, 0.29) is 0 Å². The number of aliphatic carboxylic acids is 1. The Bertz CT molecular complexity index is 292. The molecule has 1 aromatic carbocycles. The molecule has 0 saturated heterocycles. The molecule has 3 N–H and O–H groups in total. The van der Waals surface area contributed by atoms with Crippen molar-refractivity contribution >= 4 is 5.97 Å². The minimum Gasteiger partial charge on any atom is -0.544 e. The van der Waals surface area contributed by atoms with Crippen LogP contribution in [0.5, 0.6) is 0 Å². The minimum atomic E-state index is -1.13. The lowest BCUT2D eigenvalue weighted by atomic mass is 10.0. The van der Waals surface area contributed by atoms with Gasteiger partial charge in [0, 0.05) is 5.56 Å². The molecule has 0 bridgehead atoms. The summed E-state index contributed by atoms with van der Waals surface area (Å²) in [6, 6.07) is 6.62. The Morgan fingerprint density at radius 3 is 2.38 bits per heavy atom. The largest absolute Gasteiger partial charge is 0.544 e. The summed E-state index contributed by atoms with van der Waals surface area (Å²) in [5.74, 6) is -1.13. The van der Waals surface area contributed by atoms with Crippen molar-refractivity contribution in [1.82, 2.24) is 0 Å². The molecule has 13 heavy (non-hydrogen) atoms. The highest BCUT2D eigenvalue weighted by atomic mass is 16.4. The highest BCUT2D eigenvalue weighted by Crippen LogP contribution is 2.09. The molecule has 70 valence electrons. The van der Waals surface area contributed by atoms with Crippen molar-refractivity contribution in [2.75, 3.05) is 0 Å². The molecule has 0 aliphatic rings. The third kappa shape index (κ3) is 2.29. The Kier molecular flexibility index (Phi) is 3.03. The summed E-state index contributed by atoms with van der Waals surface area (Å²) in [7, 11) is 0. The van der Waals surface area contributed by atoms with Crippen LogP contribution in [0.4, 0.5) is 0 Å². The smallest absolute Gasteiger partial charge is 0.150 e. The van der Waals surface area contributed by atoms with Crippen LogP contribution in [0, 0.1) is 0 Å². The van der Waals surface area contributed by atoms with Crippen LogP contribution >= 0.6 is 0 Å². The van der Waals surface area contributed by atoms with Crippen LogP contribution in [0.15, 0.2) is 24.3 Å². The van der Waals surface area contributed by atoms with Gasteiger partial charge in [-0.05, 0) is 12.0 Å². The van der Waals surface area contributed by atoms with Crippen LogP contribution in [0.2, 0.25) is 0 Å². The maximum absolute atomic E-state index is 10.5. The zero-order chi connectivity index (χ0) is 9.84. The van der Waals surface area contributed by atoms with Gasteiger partial charge in [-0.2, -0.15) is 0 Å². The van der Waals surface area contributed by atoms with Gasteiger partial charge in [0.15, 0.2) is 6.04 Å². The molecular weight excluding hydrogens is 166 g/mol. The van der Waals surface area contributed by atoms with Crippen LogP contribution in [0.1, 0.15) is 24.1 Å². The van der Waals surface area contributed by atoms with E-state index in [1.54, 1.807) is 12.1 Å². The first kappa shape index (κ1) is 9.74. The average molecular weight is 179 g/mol. The number of carboxylic acid groups (broad SMARTS) is 1. The van der Waals surface area contributed by atoms with Crippen LogP contribution in [-0.2, 0) is 11.2 Å². The maximum atomic E-state index is 10.5. The standard InChI is InChI=1S/C10H13NO2/c1-2-7-3-5-8(6-4-7)9(11)10(12)13/h3-6,9H,2,11H2,1H3,(H,12,13)/t9-/m0/s1. The number of hydrogen-bond donors (Lipinski definition) is 1. The lowest BCUT2D eigenvalue weighted by molar-refractivity contribution is -0.443. The number of rotatable bonds is 3. The maximum Gasteiger partial charge on any atom is 0.150 e. The van der Waals surface area contributed by atoms with Crippen molar-refractivity contribution in [1.29, 1.82) is 0 Å². The van der Waals surface area contributed by atoms with E-state index < -0.39 is 12.0 Å². The van der Waals surface area contributed by atoms with E-state index in [0.29, 0.717) is 5.56 Å². The molecule has 0 radical (unpaired) electrons. The summed E-state index contributed by atoms with van der Waals surface area (Å²) in [5.41, 5.74) is 5.38. The van der Waals surface area contributed by atoms with E-state index in [0.717, 1.165) is 6.42 Å². The molecule has 0 aliphatic heterocycles. The van der Waals surface area contributed by atoms with E-state index >= 15 is 0 Å².